The monoisotopic (exact) mass is 1060 g/mol. The van der Waals surface area contributed by atoms with E-state index in [9.17, 15) is 48.3 Å². The number of unbranched alkanes of at least 4 members (excludes halogenated alkanes) is 2. The van der Waals surface area contributed by atoms with Gasteiger partial charge in [0.2, 0.25) is 23.6 Å². The van der Waals surface area contributed by atoms with E-state index in [0.717, 1.165) is 5.56 Å². The molecule has 0 bridgehead atoms. The largest absolute Gasteiger partial charge is 0.393 e. The lowest BCUT2D eigenvalue weighted by Crippen LogP contribution is -2.54. The maximum atomic E-state index is 14.7. The summed E-state index contributed by atoms with van der Waals surface area (Å²) < 4.78 is 12.1. The fourth-order valence-corrected chi connectivity index (χ4v) is 10.9. The maximum Gasteiger partial charge on any atom is 0.253 e. The molecule has 0 unspecified atom stereocenters. The van der Waals surface area contributed by atoms with Gasteiger partial charge >= 0.3 is 0 Å². The molecule has 426 valence electrons. The van der Waals surface area contributed by atoms with Gasteiger partial charge in [0.25, 0.3) is 11.8 Å². The highest BCUT2D eigenvalue weighted by Crippen LogP contribution is 2.32. The molecule has 0 radical (unpaired) electrons. The number of ether oxygens (including phenoxy) is 2. The van der Waals surface area contributed by atoms with E-state index >= 15 is 0 Å². The number of aliphatic hydroxyl groups is 1. The number of likely N-dealkylation sites (N-methyl/N-ethyl adjacent to an activating group) is 2. The predicted octanol–water partition coefficient (Wildman–Crippen LogP) is 5.32. The Hall–Kier alpha value is -5.17. The Morgan fingerprint density at radius 3 is 2.00 bits per heavy atom. The van der Waals surface area contributed by atoms with Gasteiger partial charge in [-0.2, -0.15) is 0 Å². The second-order valence-electron chi connectivity index (χ2n) is 21.9. The van der Waals surface area contributed by atoms with Gasteiger partial charge in [0.05, 0.1) is 55.3 Å². The number of hydrogen-bond acceptors (Lipinski definition) is 13. The van der Waals surface area contributed by atoms with Crippen molar-refractivity contribution in [2.75, 3.05) is 54.5 Å². The van der Waals surface area contributed by atoms with Crippen molar-refractivity contribution >= 4 is 52.8 Å². The van der Waals surface area contributed by atoms with Crippen molar-refractivity contribution in [2.24, 2.45) is 35.5 Å². The molecule has 0 aromatic heterocycles. The van der Waals surface area contributed by atoms with Crippen molar-refractivity contribution in [3.63, 3.8) is 0 Å². The standard InChI is InChI=1S/C58H92N6O12/c1-13-39(6)55(49(75-11)34-53(72)63-31-21-25-46(63)56(76-12)40(7)47(67)33-45(41(8)65)57(73)60-35-42-22-16-14-17-23-42)62(10)58(74)44(37(2)3)32-48(68)54(38(4)5)61(9)29-20-24-43(66)36-59-50(69)26-18-15-19-30-64-51(70)27-28-52(64)71/h14,16-17,22-23,27-28,37-41,44-46,49,54-56,65H,13,15,18-21,24-26,29-36H2,1-12H3,(H,59,69)(H,60,73)/t39-,40-,41+,44-,45-,46-,49+,54-,55-,56+/m0/s1. The van der Waals surface area contributed by atoms with Gasteiger partial charge < -0.3 is 35.0 Å². The molecule has 3 N–H and O–H groups in total. The highest BCUT2D eigenvalue weighted by Gasteiger charge is 2.44. The van der Waals surface area contributed by atoms with E-state index in [4.69, 9.17) is 9.47 Å². The number of methoxy groups -OCH3 is 2. The van der Waals surface area contributed by atoms with E-state index in [1.165, 1.54) is 38.2 Å². The average molecular weight is 1070 g/mol. The van der Waals surface area contributed by atoms with Crippen LogP contribution in [0.25, 0.3) is 0 Å². The summed E-state index contributed by atoms with van der Waals surface area (Å²) in [5.74, 6) is -4.96. The van der Waals surface area contributed by atoms with Gasteiger partial charge in [-0.25, -0.2) is 0 Å². The molecule has 10 atom stereocenters. The molecular formula is C58H92N6O12. The summed E-state index contributed by atoms with van der Waals surface area (Å²) in [7, 11) is 6.61. The molecule has 1 aromatic rings. The molecule has 0 aliphatic carbocycles. The van der Waals surface area contributed by atoms with Gasteiger partial charge in [-0.05, 0) is 75.9 Å². The van der Waals surface area contributed by atoms with Crippen molar-refractivity contribution in [3.8, 4) is 0 Å². The van der Waals surface area contributed by atoms with Gasteiger partial charge in [-0.3, -0.25) is 53.0 Å². The molecule has 3 rings (SSSR count). The van der Waals surface area contributed by atoms with E-state index in [1.54, 1.807) is 23.8 Å². The van der Waals surface area contributed by atoms with E-state index in [2.05, 4.69) is 10.6 Å². The van der Waals surface area contributed by atoms with Crippen molar-refractivity contribution < 1.29 is 57.7 Å². The van der Waals surface area contributed by atoms with E-state index in [0.29, 0.717) is 64.6 Å². The number of benzene rings is 1. The molecule has 6 amide bonds. The summed E-state index contributed by atoms with van der Waals surface area (Å²) in [4.78, 5) is 126. The summed E-state index contributed by atoms with van der Waals surface area (Å²) in [5, 5.41) is 16.1. The molecule has 0 saturated carbocycles. The number of likely N-dealkylation sites (tertiary alicyclic amines) is 1. The minimum absolute atomic E-state index is 0.00437. The topological polar surface area (TPSA) is 229 Å². The van der Waals surface area contributed by atoms with Crippen LogP contribution >= 0.6 is 0 Å². The number of hydrogen-bond donors (Lipinski definition) is 3. The molecule has 2 aliphatic heterocycles. The molecule has 2 heterocycles. The van der Waals surface area contributed by atoms with E-state index in [-0.39, 0.29) is 110 Å². The number of rotatable bonds is 36. The minimum atomic E-state index is -1.08. The number of carbonyl (C=O) groups excluding carboxylic acids is 9. The number of aliphatic hydroxyl groups excluding tert-OH is 1. The van der Waals surface area contributed by atoms with Crippen LogP contribution in [-0.2, 0) is 59.2 Å². The number of Topliss-reactive ketones (excluding diaryl/α,β-unsaturated/α-hetero) is 3. The van der Waals surface area contributed by atoms with Crippen molar-refractivity contribution in [2.45, 2.75) is 175 Å². The van der Waals surface area contributed by atoms with Gasteiger partial charge in [-0.1, -0.05) is 91.6 Å². The van der Waals surface area contributed by atoms with E-state index in [1.807, 2.05) is 83.8 Å². The SMILES string of the molecule is CC[C@H](C)[C@@H]([C@@H](CC(=O)N1CCC[C@H]1[C@H](OC)[C@@H](C)C(=O)C[C@H](C(=O)NCc1ccccc1)[C@@H](C)O)OC)N(C)C(=O)[C@@H](CC(=O)[C@H](C(C)C)N(C)CCCC(=O)CNC(=O)CCCCCN1C(=O)C=CC1=O)C(C)C. The van der Waals surface area contributed by atoms with Crippen LogP contribution in [0.5, 0.6) is 0 Å². The Kier molecular flexibility index (Phi) is 27.9. The number of imide groups is 1. The summed E-state index contributed by atoms with van der Waals surface area (Å²) in [5.41, 5.74) is 0.888. The number of carbonyl (C=O) groups is 9. The van der Waals surface area contributed by atoms with Crippen LogP contribution in [-0.4, -0.2) is 168 Å². The lowest BCUT2D eigenvalue weighted by molar-refractivity contribution is -0.149. The quantitative estimate of drug-likeness (QED) is 0.0572. The zero-order valence-electron chi connectivity index (χ0n) is 47.7. The highest BCUT2D eigenvalue weighted by molar-refractivity contribution is 6.12. The Balaban J connectivity index is 1.61. The molecule has 2 aliphatic rings. The zero-order chi connectivity index (χ0) is 56.8. The van der Waals surface area contributed by atoms with Gasteiger partial charge in [0, 0.05) is 90.6 Å². The second-order valence-corrected chi connectivity index (χ2v) is 21.9. The Bertz CT molecular complexity index is 2100. The van der Waals surface area contributed by atoms with Gasteiger partial charge in [0.15, 0.2) is 11.6 Å². The number of nitrogens with one attached hydrogen (secondary N) is 2. The number of nitrogens with zero attached hydrogens (tertiary/aromatic N) is 4. The fraction of sp³-hybridized carbons (Fsp3) is 0.707. The average Bonchev–Trinajstić information content (AvgIpc) is 4.00. The van der Waals surface area contributed by atoms with Gasteiger partial charge in [-0.15, -0.1) is 0 Å². The number of amides is 6. The first-order chi connectivity index (χ1) is 36.0. The van der Waals surface area contributed by atoms with Crippen molar-refractivity contribution in [1.82, 2.24) is 30.2 Å². The molecule has 1 saturated heterocycles. The second kappa shape index (κ2) is 32.5. The minimum Gasteiger partial charge on any atom is -0.393 e. The van der Waals surface area contributed by atoms with Crippen molar-refractivity contribution in [3.05, 3.63) is 48.0 Å². The highest BCUT2D eigenvalue weighted by atomic mass is 16.5. The smallest absolute Gasteiger partial charge is 0.253 e. The summed E-state index contributed by atoms with van der Waals surface area (Å²) in [6.45, 7) is 16.4. The third-order valence-corrected chi connectivity index (χ3v) is 15.6. The Morgan fingerprint density at radius 1 is 0.776 bits per heavy atom. The molecular weight excluding hydrogens is 973 g/mol. The molecule has 18 nitrogen and oxygen atoms in total. The van der Waals surface area contributed by atoms with Crippen LogP contribution in [0.3, 0.4) is 0 Å². The summed E-state index contributed by atoms with van der Waals surface area (Å²) in [6.07, 6.45) is 4.43. The van der Waals surface area contributed by atoms with Crippen LogP contribution in [0, 0.1) is 35.5 Å². The third kappa shape index (κ3) is 19.4. The first kappa shape index (κ1) is 65.1. The summed E-state index contributed by atoms with van der Waals surface area (Å²) >= 11 is 0. The maximum absolute atomic E-state index is 14.7. The van der Waals surface area contributed by atoms with E-state index < -0.39 is 60.1 Å². The van der Waals surface area contributed by atoms with Crippen LogP contribution in [0.1, 0.15) is 138 Å². The van der Waals surface area contributed by atoms with Crippen LogP contribution in [0.15, 0.2) is 42.5 Å². The summed E-state index contributed by atoms with van der Waals surface area (Å²) in [6, 6.07) is 7.88. The predicted molar refractivity (Wildman–Crippen MR) is 290 cm³/mol. The molecule has 1 aromatic carbocycles. The third-order valence-electron chi connectivity index (χ3n) is 15.6. The first-order valence-corrected chi connectivity index (χ1v) is 27.7. The van der Waals surface area contributed by atoms with Crippen LogP contribution in [0.2, 0.25) is 0 Å². The van der Waals surface area contributed by atoms with Crippen molar-refractivity contribution in [1.29, 1.82) is 0 Å². The first-order valence-electron chi connectivity index (χ1n) is 27.7. The van der Waals surface area contributed by atoms with Crippen LogP contribution in [0.4, 0.5) is 0 Å². The lowest BCUT2D eigenvalue weighted by atomic mass is 9.83. The zero-order valence-corrected chi connectivity index (χ0v) is 47.7. The normalized spacial score (nSPS) is 18.3. The molecule has 18 heteroatoms. The molecule has 0 spiro atoms. The van der Waals surface area contributed by atoms with Gasteiger partial charge in [0.1, 0.15) is 5.78 Å². The Morgan fingerprint density at radius 2 is 1.42 bits per heavy atom. The number of ketones is 3. The Labute approximate surface area is 452 Å². The van der Waals surface area contributed by atoms with Crippen LogP contribution < -0.4 is 10.6 Å². The molecule has 1 fully saturated rings. The fourth-order valence-electron chi connectivity index (χ4n) is 10.9. The molecule has 76 heavy (non-hydrogen) atoms. The lowest BCUT2D eigenvalue weighted by Gasteiger charge is -2.41.